The zero-order valence-corrected chi connectivity index (χ0v) is 11.3. The molecule has 1 N–H and O–H groups in total. The molecule has 0 saturated carbocycles. The number of carbonyl (C=O) groups excluding carboxylic acids is 2. The minimum Gasteiger partial charge on any atom is -0.872 e. The van der Waals surface area contributed by atoms with Crippen molar-refractivity contribution in [3.05, 3.63) is 53.6 Å². The average Bonchev–Trinajstić information content (AvgIpc) is 2.47. The standard InChI is InChI=1S/C16H14O5/c1-21-16-8-12(18)6-7-13(16)15(20)9-14(19)10-2-4-11(17)5-3-10/h2-8,17-18H,9H2,1H3/p-1. The van der Waals surface area contributed by atoms with Gasteiger partial charge in [-0.3, -0.25) is 9.59 Å². The van der Waals surface area contributed by atoms with Gasteiger partial charge in [0.2, 0.25) is 0 Å². The van der Waals surface area contributed by atoms with Crippen molar-refractivity contribution >= 4 is 11.6 Å². The molecule has 0 heterocycles. The Morgan fingerprint density at radius 2 is 1.76 bits per heavy atom. The van der Waals surface area contributed by atoms with E-state index >= 15 is 0 Å². The number of phenolic OH excluding ortho intramolecular Hbond substituents is 1. The Labute approximate surface area is 121 Å². The normalized spacial score (nSPS) is 10.1. The number of hydrogen-bond acceptors (Lipinski definition) is 5. The highest BCUT2D eigenvalue weighted by Gasteiger charge is 2.17. The van der Waals surface area contributed by atoms with Crippen molar-refractivity contribution in [1.29, 1.82) is 0 Å². The Bertz CT molecular complexity index is 674. The van der Waals surface area contributed by atoms with Gasteiger partial charge >= 0.3 is 0 Å². The first-order valence-electron chi connectivity index (χ1n) is 6.21. The van der Waals surface area contributed by atoms with Crippen LogP contribution < -0.4 is 9.84 Å². The fourth-order valence-corrected chi connectivity index (χ4v) is 1.89. The molecule has 0 aliphatic rings. The van der Waals surface area contributed by atoms with E-state index < -0.39 is 5.78 Å². The molecule has 5 nitrogen and oxygen atoms in total. The summed E-state index contributed by atoms with van der Waals surface area (Å²) in [7, 11) is 1.38. The van der Waals surface area contributed by atoms with Crippen LogP contribution in [0.15, 0.2) is 42.5 Å². The topological polar surface area (TPSA) is 86.7 Å². The quantitative estimate of drug-likeness (QED) is 0.670. The zero-order valence-electron chi connectivity index (χ0n) is 11.3. The number of phenols is 1. The maximum Gasteiger partial charge on any atom is 0.174 e. The summed E-state index contributed by atoms with van der Waals surface area (Å²) in [5.41, 5.74) is 0.532. The fourth-order valence-electron chi connectivity index (χ4n) is 1.89. The number of ketones is 2. The summed E-state index contributed by atoms with van der Waals surface area (Å²) in [5, 5.41) is 20.3. The van der Waals surface area contributed by atoms with Crippen LogP contribution in [0.3, 0.4) is 0 Å². The van der Waals surface area contributed by atoms with Crippen molar-refractivity contribution < 1.29 is 24.5 Å². The third kappa shape index (κ3) is 3.39. The van der Waals surface area contributed by atoms with Gasteiger partial charge in [0.25, 0.3) is 0 Å². The second kappa shape index (κ2) is 6.09. The van der Waals surface area contributed by atoms with Crippen LogP contribution >= 0.6 is 0 Å². The first-order valence-corrected chi connectivity index (χ1v) is 6.21. The molecule has 0 aliphatic carbocycles. The number of hydrogen-bond donors (Lipinski definition) is 1. The smallest absolute Gasteiger partial charge is 0.174 e. The van der Waals surface area contributed by atoms with E-state index in [1.54, 1.807) is 0 Å². The summed E-state index contributed by atoms with van der Waals surface area (Å²) in [4.78, 5) is 24.1. The third-order valence-corrected chi connectivity index (χ3v) is 2.98. The molecule has 0 saturated heterocycles. The molecule has 5 heteroatoms. The van der Waals surface area contributed by atoms with E-state index in [1.165, 1.54) is 49.6 Å². The van der Waals surface area contributed by atoms with E-state index in [-0.39, 0.29) is 35.0 Å². The highest BCUT2D eigenvalue weighted by Crippen LogP contribution is 2.25. The second-order valence-electron chi connectivity index (χ2n) is 4.43. The molecule has 108 valence electrons. The van der Waals surface area contributed by atoms with Gasteiger partial charge in [0.1, 0.15) is 11.5 Å². The van der Waals surface area contributed by atoms with Crippen molar-refractivity contribution in [2.75, 3.05) is 7.11 Å². The van der Waals surface area contributed by atoms with Crippen LogP contribution in [-0.4, -0.2) is 23.8 Å². The van der Waals surface area contributed by atoms with E-state index in [9.17, 15) is 19.8 Å². The van der Waals surface area contributed by atoms with E-state index in [0.29, 0.717) is 5.56 Å². The molecular formula is C16H13O5-. The lowest BCUT2D eigenvalue weighted by Crippen LogP contribution is -2.10. The molecule has 0 unspecified atom stereocenters. The molecule has 0 radical (unpaired) electrons. The van der Waals surface area contributed by atoms with Crippen LogP contribution in [0, 0.1) is 0 Å². The number of aromatic hydroxyl groups is 1. The molecular weight excluding hydrogens is 272 g/mol. The highest BCUT2D eigenvalue weighted by atomic mass is 16.5. The molecule has 0 atom stereocenters. The summed E-state index contributed by atoms with van der Waals surface area (Å²) < 4.78 is 5.02. The van der Waals surface area contributed by atoms with Crippen LogP contribution in [0.25, 0.3) is 0 Å². The third-order valence-electron chi connectivity index (χ3n) is 2.98. The molecule has 0 amide bonds. The van der Waals surface area contributed by atoms with Gasteiger partial charge in [-0.05, 0) is 12.1 Å². The molecule has 0 aliphatic heterocycles. The lowest BCUT2D eigenvalue weighted by atomic mass is 10.0. The van der Waals surface area contributed by atoms with Gasteiger partial charge in [0.05, 0.1) is 19.1 Å². The first-order chi connectivity index (χ1) is 10.0. The molecule has 0 aromatic heterocycles. The molecule has 2 aromatic carbocycles. The van der Waals surface area contributed by atoms with Gasteiger partial charge in [-0.2, -0.15) is 0 Å². The van der Waals surface area contributed by atoms with Crippen LogP contribution in [-0.2, 0) is 0 Å². The Hall–Kier alpha value is -2.82. The predicted octanol–water partition coefficient (Wildman–Crippen LogP) is 1.93. The van der Waals surface area contributed by atoms with E-state index in [1.807, 2.05) is 0 Å². The van der Waals surface area contributed by atoms with Crippen LogP contribution in [0.5, 0.6) is 17.2 Å². The van der Waals surface area contributed by atoms with Crippen molar-refractivity contribution in [2.45, 2.75) is 6.42 Å². The summed E-state index contributed by atoms with van der Waals surface area (Å²) in [6.07, 6.45) is -0.334. The summed E-state index contributed by atoms with van der Waals surface area (Å²) in [6.45, 7) is 0. The molecule has 2 rings (SSSR count). The van der Waals surface area contributed by atoms with Crippen LogP contribution in [0.2, 0.25) is 0 Å². The average molecular weight is 285 g/mol. The van der Waals surface area contributed by atoms with Crippen molar-refractivity contribution in [3.63, 3.8) is 0 Å². The SMILES string of the molecule is COc1cc(O)ccc1C(=O)CC(=O)c1ccc([O-])cc1. The van der Waals surface area contributed by atoms with Crippen LogP contribution in [0.4, 0.5) is 0 Å². The minimum absolute atomic E-state index is 0.0271. The largest absolute Gasteiger partial charge is 0.872 e. The molecule has 0 spiro atoms. The number of rotatable bonds is 5. The van der Waals surface area contributed by atoms with Crippen molar-refractivity contribution in [1.82, 2.24) is 0 Å². The Morgan fingerprint density at radius 1 is 1.10 bits per heavy atom. The van der Waals surface area contributed by atoms with E-state index in [2.05, 4.69) is 0 Å². The van der Waals surface area contributed by atoms with Crippen LogP contribution in [0.1, 0.15) is 27.1 Å². The van der Waals surface area contributed by atoms with Gasteiger partial charge in [0, 0.05) is 11.6 Å². The van der Waals surface area contributed by atoms with Gasteiger partial charge in [0.15, 0.2) is 11.6 Å². The number of methoxy groups -OCH3 is 1. The lowest BCUT2D eigenvalue weighted by Gasteiger charge is -2.08. The maximum absolute atomic E-state index is 12.1. The summed E-state index contributed by atoms with van der Waals surface area (Å²) >= 11 is 0. The van der Waals surface area contributed by atoms with Gasteiger partial charge in [-0.1, -0.05) is 24.3 Å². The number of ether oxygens (including phenoxy) is 1. The lowest BCUT2D eigenvalue weighted by molar-refractivity contribution is -0.268. The second-order valence-corrected chi connectivity index (χ2v) is 4.43. The first kappa shape index (κ1) is 14.6. The number of Topliss-reactive ketones (excluding diaryl/α,β-unsaturated/α-hetero) is 2. The van der Waals surface area contributed by atoms with E-state index in [0.717, 1.165) is 0 Å². The van der Waals surface area contributed by atoms with Crippen molar-refractivity contribution in [2.24, 2.45) is 0 Å². The number of carbonyl (C=O) groups is 2. The highest BCUT2D eigenvalue weighted by molar-refractivity contribution is 6.14. The summed E-state index contributed by atoms with van der Waals surface area (Å²) in [6, 6.07) is 9.41. The molecule has 21 heavy (non-hydrogen) atoms. The van der Waals surface area contributed by atoms with Crippen molar-refractivity contribution in [3.8, 4) is 17.2 Å². The Balaban J connectivity index is 2.18. The summed E-state index contributed by atoms with van der Waals surface area (Å²) in [5.74, 6) is -0.806. The molecule has 2 aromatic rings. The number of benzene rings is 2. The molecule has 0 fully saturated rings. The van der Waals surface area contributed by atoms with E-state index in [4.69, 9.17) is 4.74 Å². The fraction of sp³-hybridized carbons (Fsp3) is 0.125. The Kier molecular flexibility index (Phi) is 4.23. The zero-order chi connectivity index (χ0) is 15.4. The predicted molar refractivity (Wildman–Crippen MR) is 73.8 cm³/mol. The monoisotopic (exact) mass is 285 g/mol. The van der Waals surface area contributed by atoms with Gasteiger partial charge in [-0.25, -0.2) is 0 Å². The van der Waals surface area contributed by atoms with Gasteiger partial charge in [-0.15, -0.1) is 5.75 Å². The maximum atomic E-state index is 12.1. The van der Waals surface area contributed by atoms with Gasteiger partial charge < -0.3 is 14.9 Å². The molecule has 0 bridgehead atoms. The minimum atomic E-state index is -0.414. The Morgan fingerprint density at radius 3 is 2.38 bits per heavy atom.